The molecule has 5 rings (SSSR count). The molecular weight excluding hydrogens is 529 g/mol. The van der Waals surface area contributed by atoms with E-state index < -0.39 is 0 Å². The van der Waals surface area contributed by atoms with Crippen molar-refractivity contribution in [2.45, 2.75) is 13.2 Å². The molecule has 3 N–H and O–H groups in total. The zero-order valence-corrected chi connectivity index (χ0v) is 22.5. The first-order valence-corrected chi connectivity index (χ1v) is 11.3. The maximum absolute atomic E-state index is 13.4. The van der Waals surface area contributed by atoms with E-state index in [0.29, 0.717) is 28.0 Å². The first-order valence-electron chi connectivity index (χ1n) is 11.3. The van der Waals surface area contributed by atoms with Crippen LogP contribution in [0.25, 0.3) is 11.0 Å². The minimum atomic E-state index is -0.375. The smallest absolute Gasteiger partial charge is 0.259 e. The number of ether oxygens (including phenoxy) is 2. The highest BCUT2D eigenvalue weighted by Crippen LogP contribution is 2.30. The molecule has 1 unspecified atom stereocenters. The van der Waals surface area contributed by atoms with Crippen LogP contribution < -0.4 is 20.3 Å². The molecule has 0 bridgehead atoms. The second-order valence-corrected chi connectivity index (χ2v) is 8.30. The van der Waals surface area contributed by atoms with E-state index in [4.69, 9.17) is 9.47 Å². The van der Waals surface area contributed by atoms with Crippen LogP contribution in [0, 0.1) is 6.92 Å². The zero-order valence-electron chi connectivity index (χ0n) is 20.8. The minimum absolute atomic E-state index is 0. The predicted molar refractivity (Wildman–Crippen MR) is 152 cm³/mol. The number of aryl methyl sites for hydroxylation is 1. The third-order valence-electron chi connectivity index (χ3n) is 5.99. The van der Waals surface area contributed by atoms with Crippen molar-refractivity contribution in [3.05, 3.63) is 95.6 Å². The summed E-state index contributed by atoms with van der Waals surface area (Å²) in [4.78, 5) is 35.7. The summed E-state index contributed by atoms with van der Waals surface area (Å²) in [6.45, 7) is 1.86. The zero-order chi connectivity index (χ0) is 25.2. The highest BCUT2D eigenvalue weighted by atomic mass is 35.5. The van der Waals surface area contributed by atoms with Crippen LogP contribution in [-0.2, 0) is 4.74 Å². The van der Waals surface area contributed by atoms with Crippen LogP contribution in [0.2, 0.25) is 0 Å². The Kier molecular flexibility index (Phi) is 8.88. The van der Waals surface area contributed by atoms with Crippen LogP contribution in [0.5, 0.6) is 5.75 Å². The lowest BCUT2D eigenvalue weighted by molar-refractivity contribution is 0.0986. The SMILES string of the molecule is COc1cc(C(=O)N(C)c2ccccc2C2NC=CO2)ccc1C(=O)Nc1cccc2[nH]c(C)nc12.Cl.Cl. The third kappa shape index (κ3) is 5.39. The number of methoxy groups -OCH3 is 1. The molecule has 2 heterocycles. The average Bonchev–Trinajstić information content (AvgIpc) is 3.57. The molecule has 1 aliphatic heterocycles. The fraction of sp³-hybridized carbons (Fsp3) is 0.148. The van der Waals surface area contributed by atoms with Gasteiger partial charge in [-0.05, 0) is 43.3 Å². The fourth-order valence-corrected chi connectivity index (χ4v) is 4.22. The van der Waals surface area contributed by atoms with Gasteiger partial charge in [0, 0.05) is 24.4 Å². The Morgan fingerprint density at radius 2 is 1.87 bits per heavy atom. The Morgan fingerprint density at radius 3 is 2.61 bits per heavy atom. The normalized spacial score (nSPS) is 13.5. The lowest BCUT2D eigenvalue weighted by Crippen LogP contribution is -2.28. The number of imidazole rings is 1. The number of halogens is 2. The van der Waals surface area contributed by atoms with Gasteiger partial charge >= 0.3 is 0 Å². The van der Waals surface area contributed by atoms with Crippen molar-refractivity contribution in [1.29, 1.82) is 0 Å². The quantitative estimate of drug-likeness (QED) is 0.296. The van der Waals surface area contributed by atoms with E-state index in [1.807, 2.05) is 43.3 Å². The number of carbonyl (C=O) groups excluding carboxylic acids is 2. The van der Waals surface area contributed by atoms with Crippen molar-refractivity contribution < 1.29 is 19.1 Å². The molecule has 1 aliphatic rings. The number of hydrogen-bond donors (Lipinski definition) is 3. The number of nitrogens with one attached hydrogen (secondary N) is 3. The van der Waals surface area contributed by atoms with E-state index in [0.717, 1.165) is 16.9 Å². The summed E-state index contributed by atoms with van der Waals surface area (Å²) in [5, 5.41) is 6.01. The standard InChI is InChI=1S/C27H25N5O4.2ClH/c1-16-29-20-8-6-9-21(24(20)30-16)31-25(33)19-12-11-17(15-23(19)35-3)27(34)32(2)22-10-5-4-7-18(22)26-28-13-14-36-26;;/h4-15,26,28H,1-3H3,(H,29,30)(H,31,33);2*1H. The molecule has 3 aromatic carbocycles. The van der Waals surface area contributed by atoms with Crippen molar-refractivity contribution in [3.63, 3.8) is 0 Å². The van der Waals surface area contributed by atoms with Gasteiger partial charge in [-0.2, -0.15) is 0 Å². The lowest BCUT2D eigenvalue weighted by Gasteiger charge is -2.23. The van der Waals surface area contributed by atoms with E-state index in [2.05, 4.69) is 20.6 Å². The maximum atomic E-state index is 13.4. The van der Waals surface area contributed by atoms with E-state index >= 15 is 0 Å². The molecule has 1 aromatic heterocycles. The van der Waals surface area contributed by atoms with Gasteiger partial charge in [-0.1, -0.05) is 24.3 Å². The van der Waals surface area contributed by atoms with E-state index in [-0.39, 0.29) is 48.6 Å². The fourth-order valence-electron chi connectivity index (χ4n) is 4.22. The highest BCUT2D eigenvalue weighted by Gasteiger charge is 2.24. The Bertz CT molecular complexity index is 1500. The summed E-state index contributed by atoms with van der Waals surface area (Å²) in [6, 6.07) is 17.8. The van der Waals surface area contributed by atoms with Crippen LogP contribution in [0.4, 0.5) is 11.4 Å². The topological polar surface area (TPSA) is 109 Å². The molecule has 0 radical (unpaired) electrons. The molecule has 0 fully saturated rings. The first-order chi connectivity index (χ1) is 17.5. The van der Waals surface area contributed by atoms with Gasteiger partial charge in [-0.3, -0.25) is 9.59 Å². The lowest BCUT2D eigenvalue weighted by atomic mass is 10.1. The number of hydrogen-bond acceptors (Lipinski definition) is 6. The van der Waals surface area contributed by atoms with Gasteiger partial charge in [0.05, 0.1) is 29.6 Å². The molecule has 0 spiro atoms. The van der Waals surface area contributed by atoms with E-state index in [1.54, 1.807) is 48.7 Å². The van der Waals surface area contributed by atoms with Gasteiger partial charge in [0.15, 0.2) is 6.23 Å². The number of aromatic amines is 1. The summed E-state index contributed by atoms with van der Waals surface area (Å²) in [7, 11) is 3.16. The summed E-state index contributed by atoms with van der Waals surface area (Å²) in [5.74, 6) is 0.421. The summed E-state index contributed by atoms with van der Waals surface area (Å²) in [6.07, 6.45) is 2.91. The van der Waals surface area contributed by atoms with Crippen molar-refractivity contribution in [2.75, 3.05) is 24.4 Å². The van der Waals surface area contributed by atoms with Crippen molar-refractivity contribution in [1.82, 2.24) is 15.3 Å². The summed E-state index contributed by atoms with van der Waals surface area (Å²) in [5.41, 5.74) is 4.29. The van der Waals surface area contributed by atoms with Crippen molar-refractivity contribution >= 4 is 59.0 Å². The van der Waals surface area contributed by atoms with Gasteiger partial charge in [0.1, 0.15) is 23.4 Å². The number of anilines is 2. The maximum Gasteiger partial charge on any atom is 0.259 e. The van der Waals surface area contributed by atoms with Crippen molar-refractivity contribution in [2.24, 2.45) is 0 Å². The van der Waals surface area contributed by atoms with Crippen LogP contribution >= 0.6 is 24.8 Å². The molecule has 38 heavy (non-hydrogen) atoms. The van der Waals surface area contributed by atoms with Gasteiger partial charge in [-0.25, -0.2) is 4.98 Å². The number of para-hydroxylation sites is 2. The first kappa shape index (κ1) is 28.4. The largest absolute Gasteiger partial charge is 0.496 e. The molecule has 2 amide bonds. The van der Waals surface area contributed by atoms with Gasteiger partial charge in [0.25, 0.3) is 11.8 Å². The Hall–Kier alpha value is -4.21. The van der Waals surface area contributed by atoms with Crippen LogP contribution in [0.3, 0.4) is 0 Å². The summed E-state index contributed by atoms with van der Waals surface area (Å²) < 4.78 is 11.1. The van der Waals surface area contributed by atoms with Crippen molar-refractivity contribution in [3.8, 4) is 5.75 Å². The Morgan fingerprint density at radius 1 is 1.08 bits per heavy atom. The molecule has 0 aliphatic carbocycles. The van der Waals surface area contributed by atoms with Gasteiger partial charge in [-0.15, -0.1) is 24.8 Å². The molecule has 1 atom stereocenters. The number of benzene rings is 3. The number of amides is 2. The average molecular weight is 556 g/mol. The molecule has 11 heteroatoms. The Labute approximate surface area is 232 Å². The predicted octanol–water partition coefficient (Wildman–Crippen LogP) is 5.34. The number of nitrogens with zero attached hydrogens (tertiary/aromatic N) is 2. The number of aromatic nitrogens is 2. The second-order valence-electron chi connectivity index (χ2n) is 8.30. The molecular formula is C27H27Cl2N5O4. The highest BCUT2D eigenvalue weighted by molar-refractivity contribution is 6.11. The monoisotopic (exact) mass is 555 g/mol. The number of carbonyl (C=O) groups is 2. The number of H-pyrrole nitrogens is 1. The minimum Gasteiger partial charge on any atom is -0.496 e. The Balaban J connectivity index is 0.00000200. The molecule has 0 saturated heterocycles. The molecule has 4 aromatic rings. The second kappa shape index (κ2) is 11.9. The molecule has 0 saturated carbocycles. The van der Waals surface area contributed by atoms with E-state index in [1.165, 1.54) is 7.11 Å². The number of fused-ring (bicyclic) bond motifs is 1. The number of rotatable bonds is 6. The summed E-state index contributed by atoms with van der Waals surface area (Å²) >= 11 is 0. The third-order valence-corrected chi connectivity index (χ3v) is 5.99. The molecule has 9 nitrogen and oxygen atoms in total. The van der Waals surface area contributed by atoms with Gasteiger partial charge in [0.2, 0.25) is 0 Å². The van der Waals surface area contributed by atoms with Crippen LogP contribution in [0.1, 0.15) is 38.3 Å². The van der Waals surface area contributed by atoms with Crippen LogP contribution in [0.15, 0.2) is 73.1 Å². The van der Waals surface area contributed by atoms with Crippen LogP contribution in [-0.4, -0.2) is 35.9 Å². The molecule has 198 valence electrons. The van der Waals surface area contributed by atoms with Gasteiger partial charge < -0.3 is 30.0 Å². The van der Waals surface area contributed by atoms with E-state index in [9.17, 15) is 9.59 Å².